The van der Waals surface area contributed by atoms with Crippen LogP contribution in [0.15, 0.2) is 47.1 Å². The van der Waals surface area contributed by atoms with Crippen molar-refractivity contribution in [1.29, 1.82) is 0 Å². The Balaban J connectivity index is 1.84. The molecule has 0 saturated heterocycles. The monoisotopic (exact) mass is 306 g/mol. The SMILES string of the molecule is COc1ccc(CNCc2cccc(Br)c2)cn1. The van der Waals surface area contributed by atoms with Gasteiger partial charge in [-0.15, -0.1) is 0 Å². The number of rotatable bonds is 5. The Morgan fingerprint density at radius 3 is 2.67 bits per heavy atom. The van der Waals surface area contributed by atoms with Crippen LogP contribution < -0.4 is 10.1 Å². The van der Waals surface area contributed by atoms with Crippen molar-refractivity contribution in [2.75, 3.05) is 7.11 Å². The maximum atomic E-state index is 5.02. The minimum atomic E-state index is 0.644. The Hall–Kier alpha value is -1.39. The second-order valence-corrected chi connectivity index (χ2v) is 4.86. The van der Waals surface area contributed by atoms with Crippen LogP contribution >= 0.6 is 15.9 Å². The molecule has 94 valence electrons. The van der Waals surface area contributed by atoms with Crippen molar-refractivity contribution < 1.29 is 4.74 Å². The lowest BCUT2D eigenvalue weighted by molar-refractivity contribution is 0.397. The van der Waals surface area contributed by atoms with E-state index in [0.29, 0.717) is 5.88 Å². The van der Waals surface area contributed by atoms with E-state index in [1.54, 1.807) is 7.11 Å². The number of halogens is 1. The Kier molecular flexibility index (Phi) is 4.73. The van der Waals surface area contributed by atoms with Gasteiger partial charge in [-0.25, -0.2) is 4.98 Å². The summed E-state index contributed by atoms with van der Waals surface area (Å²) in [7, 11) is 1.62. The normalized spacial score (nSPS) is 10.3. The first-order valence-electron chi connectivity index (χ1n) is 5.72. The molecule has 0 aliphatic carbocycles. The fraction of sp³-hybridized carbons (Fsp3) is 0.214. The van der Waals surface area contributed by atoms with Gasteiger partial charge < -0.3 is 10.1 Å². The van der Waals surface area contributed by atoms with E-state index < -0.39 is 0 Å². The van der Waals surface area contributed by atoms with Gasteiger partial charge in [0.25, 0.3) is 0 Å². The lowest BCUT2D eigenvalue weighted by Gasteiger charge is -2.06. The van der Waals surface area contributed by atoms with E-state index in [1.165, 1.54) is 5.56 Å². The van der Waals surface area contributed by atoms with E-state index in [1.807, 2.05) is 30.5 Å². The molecule has 18 heavy (non-hydrogen) atoms. The third-order valence-electron chi connectivity index (χ3n) is 2.55. The first-order chi connectivity index (χ1) is 8.78. The summed E-state index contributed by atoms with van der Waals surface area (Å²) in [6, 6.07) is 12.2. The molecule has 0 aliphatic heterocycles. The molecule has 3 nitrogen and oxygen atoms in total. The number of nitrogens with one attached hydrogen (secondary N) is 1. The van der Waals surface area contributed by atoms with Crippen molar-refractivity contribution in [2.45, 2.75) is 13.1 Å². The number of hydrogen-bond donors (Lipinski definition) is 1. The molecule has 0 spiro atoms. The van der Waals surface area contributed by atoms with Crippen LogP contribution in [0.2, 0.25) is 0 Å². The highest BCUT2D eigenvalue weighted by Gasteiger charge is 1.97. The summed E-state index contributed by atoms with van der Waals surface area (Å²) in [6.45, 7) is 1.63. The zero-order valence-electron chi connectivity index (χ0n) is 10.2. The molecule has 2 aromatic rings. The summed E-state index contributed by atoms with van der Waals surface area (Å²) in [4.78, 5) is 4.17. The summed E-state index contributed by atoms with van der Waals surface area (Å²) in [5.74, 6) is 0.644. The lowest BCUT2D eigenvalue weighted by atomic mass is 10.2. The van der Waals surface area contributed by atoms with Crippen LogP contribution in [0.3, 0.4) is 0 Å². The van der Waals surface area contributed by atoms with Gasteiger partial charge >= 0.3 is 0 Å². The number of hydrogen-bond acceptors (Lipinski definition) is 3. The van der Waals surface area contributed by atoms with Crippen LogP contribution in [-0.4, -0.2) is 12.1 Å². The summed E-state index contributed by atoms with van der Waals surface area (Å²) >= 11 is 3.46. The van der Waals surface area contributed by atoms with Gasteiger partial charge in [-0.3, -0.25) is 0 Å². The smallest absolute Gasteiger partial charge is 0.212 e. The average molecular weight is 307 g/mol. The predicted octanol–water partition coefficient (Wildman–Crippen LogP) is 3.14. The van der Waals surface area contributed by atoms with Crippen molar-refractivity contribution in [3.05, 3.63) is 58.2 Å². The third kappa shape index (κ3) is 3.82. The number of benzene rings is 1. The number of methoxy groups -OCH3 is 1. The number of nitrogens with zero attached hydrogens (tertiary/aromatic N) is 1. The first kappa shape index (κ1) is 13.1. The maximum absolute atomic E-state index is 5.02. The molecule has 0 atom stereocenters. The van der Waals surface area contributed by atoms with E-state index in [0.717, 1.165) is 23.1 Å². The van der Waals surface area contributed by atoms with Crippen molar-refractivity contribution in [2.24, 2.45) is 0 Å². The average Bonchev–Trinajstić information content (AvgIpc) is 2.40. The van der Waals surface area contributed by atoms with Gasteiger partial charge in [-0.05, 0) is 23.3 Å². The molecular formula is C14H15BrN2O. The zero-order chi connectivity index (χ0) is 12.8. The minimum absolute atomic E-state index is 0.644. The molecule has 4 heteroatoms. The van der Waals surface area contributed by atoms with Crippen LogP contribution in [0, 0.1) is 0 Å². The van der Waals surface area contributed by atoms with Gasteiger partial charge in [0.1, 0.15) is 0 Å². The summed E-state index contributed by atoms with van der Waals surface area (Å²) in [5.41, 5.74) is 2.40. The second-order valence-electron chi connectivity index (χ2n) is 3.94. The van der Waals surface area contributed by atoms with Gasteiger partial charge in [0.15, 0.2) is 0 Å². The molecule has 0 amide bonds. The molecule has 0 fully saturated rings. The molecule has 0 radical (unpaired) electrons. The molecule has 1 aromatic carbocycles. The predicted molar refractivity (Wildman–Crippen MR) is 75.5 cm³/mol. The van der Waals surface area contributed by atoms with Crippen LogP contribution in [0.4, 0.5) is 0 Å². The largest absolute Gasteiger partial charge is 0.481 e. The highest BCUT2D eigenvalue weighted by atomic mass is 79.9. The van der Waals surface area contributed by atoms with E-state index >= 15 is 0 Å². The van der Waals surface area contributed by atoms with E-state index in [9.17, 15) is 0 Å². The molecule has 0 aliphatic rings. The van der Waals surface area contributed by atoms with E-state index in [4.69, 9.17) is 4.74 Å². The standard InChI is InChI=1S/C14H15BrN2O/c1-18-14-6-5-12(10-17-14)9-16-8-11-3-2-4-13(15)7-11/h2-7,10,16H,8-9H2,1H3. The summed E-state index contributed by atoms with van der Waals surface area (Å²) in [6.07, 6.45) is 1.83. The zero-order valence-corrected chi connectivity index (χ0v) is 11.8. The molecule has 0 bridgehead atoms. The highest BCUT2D eigenvalue weighted by molar-refractivity contribution is 9.10. The van der Waals surface area contributed by atoms with Gasteiger partial charge in [0.2, 0.25) is 5.88 Å². The van der Waals surface area contributed by atoms with E-state index in [2.05, 4.69) is 38.4 Å². The summed E-state index contributed by atoms with van der Waals surface area (Å²) < 4.78 is 6.12. The quantitative estimate of drug-likeness (QED) is 0.921. The van der Waals surface area contributed by atoms with Crippen molar-refractivity contribution in [3.8, 4) is 5.88 Å². The van der Waals surface area contributed by atoms with Gasteiger partial charge in [0.05, 0.1) is 7.11 Å². The number of ether oxygens (including phenoxy) is 1. The molecule has 0 unspecified atom stereocenters. The minimum Gasteiger partial charge on any atom is -0.481 e. The van der Waals surface area contributed by atoms with Crippen LogP contribution in [0.25, 0.3) is 0 Å². The van der Waals surface area contributed by atoms with Crippen LogP contribution in [-0.2, 0) is 13.1 Å². The fourth-order valence-corrected chi connectivity index (χ4v) is 2.08. The number of pyridine rings is 1. The van der Waals surface area contributed by atoms with Gasteiger partial charge in [0, 0.05) is 29.8 Å². The summed E-state index contributed by atoms with van der Waals surface area (Å²) in [5, 5.41) is 3.38. The second kappa shape index (κ2) is 6.52. The fourth-order valence-electron chi connectivity index (χ4n) is 1.63. The molecule has 1 N–H and O–H groups in total. The third-order valence-corrected chi connectivity index (χ3v) is 3.05. The lowest BCUT2D eigenvalue weighted by Crippen LogP contribution is -2.12. The Morgan fingerprint density at radius 2 is 2.00 bits per heavy atom. The van der Waals surface area contributed by atoms with Crippen LogP contribution in [0.5, 0.6) is 5.88 Å². The highest BCUT2D eigenvalue weighted by Crippen LogP contribution is 2.11. The van der Waals surface area contributed by atoms with Crippen molar-refractivity contribution in [1.82, 2.24) is 10.3 Å². The van der Waals surface area contributed by atoms with Gasteiger partial charge in [-0.1, -0.05) is 34.1 Å². The Labute approximate surface area is 115 Å². The molecule has 0 saturated carbocycles. The van der Waals surface area contributed by atoms with E-state index in [-0.39, 0.29) is 0 Å². The molecule has 2 rings (SSSR count). The van der Waals surface area contributed by atoms with Gasteiger partial charge in [-0.2, -0.15) is 0 Å². The van der Waals surface area contributed by atoms with Crippen LogP contribution in [0.1, 0.15) is 11.1 Å². The molecule has 1 aromatic heterocycles. The van der Waals surface area contributed by atoms with Crippen molar-refractivity contribution >= 4 is 15.9 Å². The number of aromatic nitrogens is 1. The molecule has 1 heterocycles. The Morgan fingerprint density at radius 1 is 1.17 bits per heavy atom. The molecular weight excluding hydrogens is 292 g/mol. The Bertz CT molecular complexity index is 499. The maximum Gasteiger partial charge on any atom is 0.212 e. The topological polar surface area (TPSA) is 34.1 Å². The first-order valence-corrected chi connectivity index (χ1v) is 6.51. The van der Waals surface area contributed by atoms with Crippen molar-refractivity contribution in [3.63, 3.8) is 0 Å².